The van der Waals surface area contributed by atoms with Gasteiger partial charge in [-0.3, -0.25) is 0 Å². The summed E-state index contributed by atoms with van der Waals surface area (Å²) < 4.78 is 13.2. The molecule has 14 heavy (non-hydrogen) atoms. The summed E-state index contributed by atoms with van der Waals surface area (Å²) in [5.74, 6) is 2.77. The van der Waals surface area contributed by atoms with Crippen molar-refractivity contribution in [1.82, 2.24) is 0 Å². The van der Waals surface area contributed by atoms with Crippen molar-refractivity contribution in [2.75, 3.05) is 11.6 Å². The molecular formula is C11H14ClFS. The largest absolute Gasteiger partial charge is 0.207 e. The van der Waals surface area contributed by atoms with Crippen LogP contribution in [0.4, 0.5) is 4.39 Å². The highest BCUT2D eigenvalue weighted by Gasteiger charge is 2.03. The SMILES string of the molecule is CC(CCl)CSCc1ccccc1F. The molecule has 3 heteroatoms. The van der Waals surface area contributed by atoms with E-state index in [0.717, 1.165) is 17.1 Å². The summed E-state index contributed by atoms with van der Waals surface area (Å²) in [5.41, 5.74) is 0.777. The zero-order valence-corrected chi connectivity index (χ0v) is 9.74. The van der Waals surface area contributed by atoms with Gasteiger partial charge in [-0.15, -0.1) is 11.6 Å². The molecule has 0 nitrogen and oxygen atoms in total. The van der Waals surface area contributed by atoms with Crippen LogP contribution < -0.4 is 0 Å². The second-order valence-corrected chi connectivity index (χ2v) is 4.70. The molecule has 0 amide bonds. The fourth-order valence-electron chi connectivity index (χ4n) is 1.03. The van der Waals surface area contributed by atoms with Crippen LogP contribution in [0.2, 0.25) is 0 Å². The van der Waals surface area contributed by atoms with Crippen LogP contribution in [0.15, 0.2) is 24.3 Å². The molecule has 0 aliphatic rings. The standard InChI is InChI=1S/C11H14ClFS/c1-9(6-12)7-14-8-10-4-2-3-5-11(10)13/h2-5,9H,6-8H2,1H3. The molecular weight excluding hydrogens is 219 g/mol. The highest BCUT2D eigenvalue weighted by Crippen LogP contribution is 2.18. The van der Waals surface area contributed by atoms with Gasteiger partial charge in [0, 0.05) is 11.6 Å². The molecule has 1 aromatic carbocycles. The molecule has 0 aromatic heterocycles. The molecule has 0 fully saturated rings. The molecule has 1 aromatic rings. The van der Waals surface area contributed by atoms with E-state index in [2.05, 4.69) is 6.92 Å². The van der Waals surface area contributed by atoms with Crippen molar-refractivity contribution in [2.45, 2.75) is 12.7 Å². The number of hydrogen-bond donors (Lipinski definition) is 0. The normalized spacial score (nSPS) is 12.8. The van der Waals surface area contributed by atoms with Crippen molar-refractivity contribution in [3.05, 3.63) is 35.6 Å². The zero-order valence-electron chi connectivity index (χ0n) is 8.17. The van der Waals surface area contributed by atoms with Crippen molar-refractivity contribution < 1.29 is 4.39 Å². The van der Waals surface area contributed by atoms with Crippen molar-refractivity contribution >= 4 is 23.4 Å². The fraction of sp³-hybridized carbons (Fsp3) is 0.455. The Morgan fingerprint density at radius 1 is 1.43 bits per heavy atom. The number of halogens is 2. The summed E-state index contributed by atoms with van der Waals surface area (Å²) in [6.07, 6.45) is 0. The maximum atomic E-state index is 13.2. The fourth-order valence-corrected chi connectivity index (χ4v) is 2.36. The Bertz CT molecular complexity index is 278. The van der Waals surface area contributed by atoms with Gasteiger partial charge in [0.05, 0.1) is 0 Å². The first-order valence-electron chi connectivity index (χ1n) is 4.61. The Kier molecular flexibility index (Phi) is 5.34. The average Bonchev–Trinajstić information content (AvgIpc) is 2.20. The third-order valence-electron chi connectivity index (χ3n) is 1.88. The molecule has 0 aliphatic heterocycles. The average molecular weight is 233 g/mol. The van der Waals surface area contributed by atoms with E-state index in [1.54, 1.807) is 17.8 Å². The topological polar surface area (TPSA) is 0 Å². The molecule has 0 N–H and O–H groups in total. The molecule has 0 heterocycles. The summed E-state index contributed by atoms with van der Waals surface area (Å²) >= 11 is 7.41. The van der Waals surface area contributed by atoms with Crippen LogP contribution in [0.3, 0.4) is 0 Å². The number of hydrogen-bond acceptors (Lipinski definition) is 1. The summed E-state index contributed by atoms with van der Waals surface area (Å²) in [6.45, 7) is 2.10. The molecule has 0 spiro atoms. The second-order valence-electron chi connectivity index (χ2n) is 3.37. The minimum absolute atomic E-state index is 0.112. The van der Waals surface area contributed by atoms with Crippen LogP contribution in [0, 0.1) is 11.7 Å². The quantitative estimate of drug-likeness (QED) is 0.694. The molecule has 1 atom stereocenters. The van der Waals surface area contributed by atoms with Crippen LogP contribution in [0.5, 0.6) is 0 Å². The van der Waals surface area contributed by atoms with Gasteiger partial charge in [-0.2, -0.15) is 11.8 Å². The van der Waals surface area contributed by atoms with Gasteiger partial charge < -0.3 is 0 Å². The first-order chi connectivity index (χ1) is 6.74. The van der Waals surface area contributed by atoms with Crippen LogP contribution in [0.1, 0.15) is 12.5 Å². The van der Waals surface area contributed by atoms with Gasteiger partial charge in [-0.05, 0) is 23.3 Å². The van der Waals surface area contributed by atoms with E-state index in [1.165, 1.54) is 6.07 Å². The summed E-state index contributed by atoms with van der Waals surface area (Å²) in [5, 5.41) is 0. The molecule has 0 bridgehead atoms. The lowest BCUT2D eigenvalue weighted by molar-refractivity contribution is 0.617. The van der Waals surface area contributed by atoms with E-state index in [0.29, 0.717) is 11.8 Å². The van der Waals surface area contributed by atoms with Gasteiger partial charge >= 0.3 is 0 Å². The molecule has 0 aliphatic carbocycles. The Labute approximate surface area is 93.8 Å². The predicted molar refractivity (Wildman–Crippen MR) is 62.4 cm³/mol. The first-order valence-corrected chi connectivity index (χ1v) is 6.30. The van der Waals surface area contributed by atoms with Crippen LogP contribution in [-0.4, -0.2) is 11.6 Å². The molecule has 1 rings (SSSR count). The lowest BCUT2D eigenvalue weighted by atomic mass is 10.2. The van der Waals surface area contributed by atoms with Gasteiger partial charge in [0.1, 0.15) is 5.82 Å². The summed E-state index contributed by atoms with van der Waals surface area (Å²) in [4.78, 5) is 0. The van der Waals surface area contributed by atoms with E-state index in [-0.39, 0.29) is 5.82 Å². The van der Waals surface area contributed by atoms with E-state index in [4.69, 9.17) is 11.6 Å². The van der Waals surface area contributed by atoms with Crippen LogP contribution >= 0.6 is 23.4 Å². The minimum atomic E-state index is -0.112. The Morgan fingerprint density at radius 3 is 2.79 bits per heavy atom. The molecule has 78 valence electrons. The zero-order chi connectivity index (χ0) is 10.4. The Morgan fingerprint density at radius 2 is 2.14 bits per heavy atom. The Hall–Kier alpha value is -0.210. The monoisotopic (exact) mass is 232 g/mol. The van der Waals surface area contributed by atoms with E-state index in [9.17, 15) is 4.39 Å². The third kappa shape index (κ3) is 3.89. The van der Waals surface area contributed by atoms with Gasteiger partial charge in [-0.1, -0.05) is 25.1 Å². The molecule has 0 saturated heterocycles. The summed E-state index contributed by atoms with van der Waals surface area (Å²) in [6, 6.07) is 6.91. The highest BCUT2D eigenvalue weighted by atomic mass is 35.5. The summed E-state index contributed by atoms with van der Waals surface area (Å²) in [7, 11) is 0. The predicted octanol–water partition coefficient (Wildman–Crippen LogP) is 3.93. The lowest BCUT2D eigenvalue weighted by Crippen LogP contribution is -1.99. The third-order valence-corrected chi connectivity index (χ3v) is 3.73. The number of thioether (sulfide) groups is 1. The molecule has 0 saturated carbocycles. The maximum absolute atomic E-state index is 13.2. The van der Waals surface area contributed by atoms with E-state index in [1.807, 2.05) is 12.1 Å². The van der Waals surface area contributed by atoms with Crippen molar-refractivity contribution in [2.24, 2.45) is 5.92 Å². The van der Waals surface area contributed by atoms with Crippen molar-refractivity contribution in [3.63, 3.8) is 0 Å². The Balaban J connectivity index is 2.35. The van der Waals surface area contributed by atoms with Crippen molar-refractivity contribution in [1.29, 1.82) is 0 Å². The molecule has 0 radical (unpaired) electrons. The van der Waals surface area contributed by atoms with E-state index >= 15 is 0 Å². The van der Waals surface area contributed by atoms with Crippen molar-refractivity contribution in [3.8, 4) is 0 Å². The van der Waals surface area contributed by atoms with Crippen LogP contribution in [0.25, 0.3) is 0 Å². The highest BCUT2D eigenvalue weighted by molar-refractivity contribution is 7.98. The van der Waals surface area contributed by atoms with E-state index < -0.39 is 0 Å². The number of alkyl halides is 1. The number of rotatable bonds is 5. The maximum Gasteiger partial charge on any atom is 0.127 e. The van der Waals surface area contributed by atoms with Gasteiger partial charge in [0.15, 0.2) is 0 Å². The molecule has 1 unspecified atom stereocenters. The lowest BCUT2D eigenvalue weighted by Gasteiger charge is -2.07. The van der Waals surface area contributed by atoms with Gasteiger partial charge in [0.2, 0.25) is 0 Å². The first kappa shape index (κ1) is 11.9. The van der Waals surface area contributed by atoms with Gasteiger partial charge in [-0.25, -0.2) is 4.39 Å². The second kappa shape index (κ2) is 6.31. The van der Waals surface area contributed by atoms with Gasteiger partial charge in [0.25, 0.3) is 0 Å². The van der Waals surface area contributed by atoms with Crippen LogP contribution in [-0.2, 0) is 5.75 Å². The number of benzene rings is 1. The minimum Gasteiger partial charge on any atom is -0.207 e. The smallest absolute Gasteiger partial charge is 0.127 e.